The Labute approximate surface area is 170 Å². The lowest BCUT2D eigenvalue weighted by molar-refractivity contribution is 0.0949. The van der Waals surface area contributed by atoms with Crippen LogP contribution in [0.5, 0.6) is 0 Å². The van der Waals surface area contributed by atoms with E-state index in [2.05, 4.69) is 22.2 Å². The highest BCUT2D eigenvalue weighted by Crippen LogP contribution is 2.41. The highest BCUT2D eigenvalue weighted by Gasteiger charge is 2.24. The topological polar surface area (TPSA) is 66.9 Å². The third kappa shape index (κ3) is 2.94. The number of anilines is 1. The van der Waals surface area contributed by atoms with Gasteiger partial charge >= 0.3 is 0 Å². The first-order chi connectivity index (χ1) is 14.0. The Hall–Kier alpha value is -3.32. The molecule has 1 aliphatic heterocycles. The number of amides is 1. The molecule has 1 aromatic carbocycles. The summed E-state index contributed by atoms with van der Waals surface area (Å²) in [6, 6.07) is 11.3. The Morgan fingerprint density at radius 2 is 2.14 bits per heavy atom. The van der Waals surface area contributed by atoms with Crippen molar-refractivity contribution in [3.8, 4) is 11.3 Å². The largest absolute Gasteiger partial charge is 0.381 e. The Bertz CT molecular complexity index is 1310. The van der Waals surface area contributed by atoms with Crippen LogP contribution in [0.15, 0.2) is 49.2 Å². The number of nitrogens with one attached hydrogen (secondary N) is 2. The fourth-order valence-electron chi connectivity index (χ4n) is 3.62. The van der Waals surface area contributed by atoms with Crippen LogP contribution in [0.1, 0.15) is 22.3 Å². The van der Waals surface area contributed by atoms with Gasteiger partial charge in [-0.3, -0.25) is 9.78 Å². The third-order valence-electron chi connectivity index (χ3n) is 5.02. The van der Waals surface area contributed by atoms with Crippen LogP contribution in [0.25, 0.3) is 38.1 Å². The molecular formula is C22H17FN4OS. The molecule has 4 heterocycles. The molecule has 5 nitrogen and oxygen atoms in total. The van der Waals surface area contributed by atoms with Crippen molar-refractivity contribution in [2.24, 2.45) is 0 Å². The van der Waals surface area contributed by atoms with E-state index in [1.54, 1.807) is 18.3 Å². The molecule has 0 unspecified atom stereocenters. The van der Waals surface area contributed by atoms with Gasteiger partial charge in [0.1, 0.15) is 10.7 Å². The molecule has 1 amide bonds. The number of carbonyl (C=O) groups is 1. The van der Waals surface area contributed by atoms with Crippen molar-refractivity contribution in [1.82, 2.24) is 15.3 Å². The number of nitrogens with zero attached hydrogens (tertiary/aromatic N) is 2. The summed E-state index contributed by atoms with van der Waals surface area (Å²) in [5.41, 5.74) is 3.38. The van der Waals surface area contributed by atoms with E-state index < -0.39 is 5.83 Å². The molecule has 3 aromatic heterocycles. The van der Waals surface area contributed by atoms with E-state index in [1.807, 2.05) is 31.2 Å². The second-order valence-corrected chi connectivity index (χ2v) is 8.15. The zero-order valence-corrected chi connectivity index (χ0v) is 16.4. The number of hydrogen-bond donors (Lipinski definition) is 2. The van der Waals surface area contributed by atoms with Crippen LogP contribution >= 0.6 is 11.3 Å². The van der Waals surface area contributed by atoms with Gasteiger partial charge in [-0.05, 0) is 43.3 Å². The van der Waals surface area contributed by atoms with Crippen LogP contribution < -0.4 is 10.6 Å². The maximum absolute atomic E-state index is 13.5. The molecule has 0 saturated heterocycles. The van der Waals surface area contributed by atoms with E-state index in [0.29, 0.717) is 11.4 Å². The third-order valence-corrected chi connectivity index (χ3v) is 6.18. The first kappa shape index (κ1) is 17.8. The maximum Gasteiger partial charge on any atom is 0.263 e. The second kappa shape index (κ2) is 6.63. The zero-order valence-electron chi connectivity index (χ0n) is 15.6. The van der Waals surface area contributed by atoms with Crippen molar-refractivity contribution in [2.45, 2.75) is 13.0 Å². The van der Waals surface area contributed by atoms with Crippen molar-refractivity contribution in [3.05, 3.63) is 59.7 Å². The lowest BCUT2D eigenvalue weighted by atomic mass is 10.1. The molecule has 1 atom stereocenters. The second-order valence-electron chi connectivity index (χ2n) is 7.10. The number of carbonyl (C=O) groups excluding carboxylic acids is 1. The summed E-state index contributed by atoms with van der Waals surface area (Å²) in [5.74, 6) is -0.624. The molecule has 0 saturated carbocycles. The number of aromatic nitrogens is 2. The minimum atomic E-state index is -0.575. The Morgan fingerprint density at radius 3 is 2.97 bits per heavy atom. The lowest BCUT2D eigenvalue weighted by Gasteiger charge is -2.10. The number of halogens is 1. The Balaban J connectivity index is 1.69. The highest BCUT2D eigenvalue weighted by atomic mass is 32.1. The molecule has 2 N–H and O–H groups in total. The molecule has 0 aliphatic carbocycles. The van der Waals surface area contributed by atoms with Gasteiger partial charge in [-0.15, -0.1) is 11.3 Å². The quantitative estimate of drug-likeness (QED) is 0.494. The molecular weight excluding hydrogens is 387 g/mol. The fourth-order valence-corrected chi connectivity index (χ4v) is 4.72. The van der Waals surface area contributed by atoms with E-state index in [4.69, 9.17) is 4.98 Å². The number of hydrogen-bond acceptors (Lipinski definition) is 5. The average molecular weight is 404 g/mol. The summed E-state index contributed by atoms with van der Waals surface area (Å²) in [7, 11) is 0. The normalized spacial score (nSPS) is 16.2. The highest BCUT2D eigenvalue weighted by molar-refractivity contribution is 7.21. The monoisotopic (exact) mass is 404 g/mol. The number of pyridine rings is 2. The molecule has 5 rings (SSSR count). The van der Waals surface area contributed by atoms with Gasteiger partial charge in [-0.1, -0.05) is 6.58 Å². The van der Waals surface area contributed by atoms with Crippen LogP contribution in [0, 0.1) is 0 Å². The lowest BCUT2D eigenvalue weighted by Crippen LogP contribution is -2.34. The molecule has 0 radical (unpaired) electrons. The van der Waals surface area contributed by atoms with Crippen molar-refractivity contribution in [2.75, 3.05) is 11.9 Å². The van der Waals surface area contributed by atoms with Gasteiger partial charge in [0, 0.05) is 39.8 Å². The summed E-state index contributed by atoms with van der Waals surface area (Å²) in [6.45, 7) is 5.95. The summed E-state index contributed by atoms with van der Waals surface area (Å²) in [5, 5.41) is 8.42. The van der Waals surface area contributed by atoms with Crippen molar-refractivity contribution < 1.29 is 9.18 Å². The Morgan fingerprint density at radius 1 is 1.28 bits per heavy atom. The van der Waals surface area contributed by atoms with E-state index >= 15 is 0 Å². The average Bonchev–Trinajstić information content (AvgIpc) is 3.04. The molecule has 0 fully saturated rings. The van der Waals surface area contributed by atoms with E-state index in [0.717, 1.165) is 37.9 Å². The van der Waals surface area contributed by atoms with Crippen LogP contribution in [-0.4, -0.2) is 28.5 Å². The fraction of sp³-hybridized carbons (Fsp3) is 0.136. The van der Waals surface area contributed by atoms with Crippen LogP contribution in [0.4, 0.5) is 10.1 Å². The van der Waals surface area contributed by atoms with Gasteiger partial charge < -0.3 is 10.6 Å². The zero-order chi connectivity index (χ0) is 20.1. The van der Waals surface area contributed by atoms with Crippen molar-refractivity contribution in [3.63, 3.8) is 0 Å². The minimum absolute atomic E-state index is 0.0489. The molecule has 0 spiro atoms. The van der Waals surface area contributed by atoms with Gasteiger partial charge in [-0.25, -0.2) is 9.37 Å². The van der Waals surface area contributed by atoms with Gasteiger partial charge in [0.25, 0.3) is 5.91 Å². The van der Waals surface area contributed by atoms with Gasteiger partial charge in [-0.2, -0.15) is 0 Å². The van der Waals surface area contributed by atoms with E-state index in [1.165, 1.54) is 11.3 Å². The van der Waals surface area contributed by atoms with Gasteiger partial charge in [0.05, 0.1) is 22.6 Å². The molecule has 7 heteroatoms. The minimum Gasteiger partial charge on any atom is -0.381 e. The Kier molecular flexibility index (Phi) is 4.06. The molecule has 144 valence electrons. The molecule has 0 bridgehead atoms. The van der Waals surface area contributed by atoms with Crippen LogP contribution in [0.2, 0.25) is 0 Å². The first-order valence-corrected chi connectivity index (χ1v) is 10.0. The number of benzene rings is 1. The number of thiophene rings is 1. The summed E-state index contributed by atoms with van der Waals surface area (Å²) < 4.78 is 14.5. The van der Waals surface area contributed by atoms with Crippen LogP contribution in [-0.2, 0) is 0 Å². The molecule has 1 aliphatic rings. The number of fused-ring (bicyclic) bond motifs is 5. The van der Waals surface area contributed by atoms with Gasteiger partial charge in [0.2, 0.25) is 0 Å². The van der Waals surface area contributed by atoms with Crippen molar-refractivity contribution >= 4 is 49.7 Å². The standard InChI is InChI=1S/C22H17FN4OS/c1-11-10-25-20-19-14-3-4-15(13-7-8-24-17(9-13)12(2)23)27-16(14)5-6-18(19)29-21(20)22(28)26-11/h3-9,11,25H,2,10H2,1H3,(H,26,28)/t11-/m1/s1. The van der Waals surface area contributed by atoms with E-state index in [-0.39, 0.29) is 17.6 Å². The smallest absolute Gasteiger partial charge is 0.263 e. The van der Waals surface area contributed by atoms with Gasteiger partial charge in [0.15, 0.2) is 0 Å². The molecule has 4 aromatic rings. The molecule has 29 heavy (non-hydrogen) atoms. The van der Waals surface area contributed by atoms with Crippen molar-refractivity contribution in [1.29, 1.82) is 0 Å². The summed E-state index contributed by atoms with van der Waals surface area (Å²) in [4.78, 5) is 22.0. The summed E-state index contributed by atoms with van der Waals surface area (Å²) >= 11 is 1.48. The maximum atomic E-state index is 13.5. The summed E-state index contributed by atoms with van der Waals surface area (Å²) in [6.07, 6.45) is 1.55. The van der Waals surface area contributed by atoms with E-state index in [9.17, 15) is 9.18 Å². The SMILES string of the molecule is C=C(F)c1cc(-c2ccc3c(ccc4sc5c(c43)NC[C@@H](C)NC5=O)n2)ccn1. The predicted octanol–water partition coefficient (Wildman–Crippen LogP) is 5.00. The first-order valence-electron chi connectivity index (χ1n) is 9.23. The number of rotatable bonds is 2. The van der Waals surface area contributed by atoms with Crippen LogP contribution in [0.3, 0.4) is 0 Å². The predicted molar refractivity (Wildman–Crippen MR) is 116 cm³/mol.